The molecule has 6 heteroatoms. The van der Waals surface area contributed by atoms with E-state index in [0.29, 0.717) is 12.2 Å². The summed E-state index contributed by atoms with van der Waals surface area (Å²) in [6, 6.07) is 8.45. The van der Waals surface area contributed by atoms with Crippen LogP contribution in [0.5, 0.6) is 0 Å². The van der Waals surface area contributed by atoms with Gasteiger partial charge in [-0.3, -0.25) is 4.79 Å². The Bertz CT molecular complexity index is 620. The number of benzene rings is 1. The van der Waals surface area contributed by atoms with E-state index >= 15 is 0 Å². The summed E-state index contributed by atoms with van der Waals surface area (Å²) >= 11 is 1.43. The molecule has 3 amide bonds. The Hall–Kier alpha value is -2.34. The number of carbonyl (C=O) groups is 2. The van der Waals surface area contributed by atoms with Gasteiger partial charge in [0.2, 0.25) is 0 Å². The van der Waals surface area contributed by atoms with Gasteiger partial charge in [-0.25, -0.2) is 4.79 Å². The lowest BCUT2D eigenvalue weighted by Crippen LogP contribution is -2.22. The number of anilines is 1. The molecule has 0 aliphatic heterocycles. The lowest BCUT2D eigenvalue weighted by atomic mass is 10.2. The van der Waals surface area contributed by atoms with Crippen molar-refractivity contribution in [2.75, 3.05) is 5.32 Å². The van der Waals surface area contributed by atoms with E-state index in [-0.39, 0.29) is 5.91 Å². The van der Waals surface area contributed by atoms with E-state index in [1.807, 2.05) is 30.5 Å². The second-order valence-corrected chi connectivity index (χ2v) is 5.22. The van der Waals surface area contributed by atoms with Gasteiger partial charge in [-0.05, 0) is 41.6 Å². The first-order valence-corrected chi connectivity index (χ1v) is 6.92. The molecule has 0 spiro atoms. The van der Waals surface area contributed by atoms with E-state index in [9.17, 15) is 9.59 Å². The molecule has 1 aromatic carbocycles. The Morgan fingerprint density at radius 3 is 2.45 bits per heavy atom. The monoisotopic (exact) mass is 289 g/mol. The highest BCUT2D eigenvalue weighted by Crippen LogP contribution is 2.15. The zero-order valence-corrected chi connectivity index (χ0v) is 11.8. The fraction of sp³-hybridized carbons (Fsp3) is 0.143. The van der Waals surface area contributed by atoms with Crippen LogP contribution in [-0.2, 0) is 6.54 Å². The maximum absolute atomic E-state index is 11.9. The van der Waals surface area contributed by atoms with Crippen molar-refractivity contribution >= 4 is 29.0 Å². The van der Waals surface area contributed by atoms with Crippen LogP contribution in [0.3, 0.4) is 0 Å². The smallest absolute Gasteiger partial charge is 0.316 e. The van der Waals surface area contributed by atoms with E-state index in [1.54, 1.807) is 12.1 Å². The highest BCUT2D eigenvalue weighted by molar-refractivity contribution is 7.12. The van der Waals surface area contributed by atoms with Crippen LogP contribution in [0.1, 0.15) is 20.8 Å². The molecule has 104 valence electrons. The lowest BCUT2D eigenvalue weighted by Gasteiger charge is -2.06. The molecule has 0 unspecified atom stereocenters. The third-order valence-electron chi connectivity index (χ3n) is 2.74. The van der Waals surface area contributed by atoms with Crippen molar-refractivity contribution in [1.82, 2.24) is 5.32 Å². The first-order valence-electron chi connectivity index (χ1n) is 6.04. The topological polar surface area (TPSA) is 84.2 Å². The van der Waals surface area contributed by atoms with Crippen molar-refractivity contribution in [3.63, 3.8) is 0 Å². The van der Waals surface area contributed by atoms with Gasteiger partial charge in [0, 0.05) is 12.2 Å². The maximum Gasteiger partial charge on any atom is 0.316 e. The van der Waals surface area contributed by atoms with Gasteiger partial charge in [0.15, 0.2) is 0 Å². The number of amides is 3. The molecule has 5 nitrogen and oxygen atoms in total. The third-order valence-corrected chi connectivity index (χ3v) is 3.76. The van der Waals surface area contributed by atoms with E-state index in [0.717, 1.165) is 16.0 Å². The minimum Gasteiger partial charge on any atom is -0.351 e. The minimum absolute atomic E-state index is 0.0724. The molecule has 2 rings (SSSR count). The van der Waals surface area contributed by atoms with Crippen molar-refractivity contribution < 1.29 is 9.59 Å². The fourth-order valence-corrected chi connectivity index (χ4v) is 2.56. The molecule has 1 heterocycles. The van der Waals surface area contributed by atoms with E-state index in [4.69, 9.17) is 5.73 Å². The van der Waals surface area contributed by atoms with Crippen LogP contribution in [0.2, 0.25) is 0 Å². The SMILES string of the molecule is Cc1ccsc1C(=O)NCc1ccc(NC(N)=O)cc1. The Kier molecular flexibility index (Phi) is 4.37. The second-order valence-electron chi connectivity index (χ2n) is 4.30. The summed E-state index contributed by atoms with van der Waals surface area (Å²) in [5, 5.41) is 7.24. The number of thiophene rings is 1. The summed E-state index contributed by atoms with van der Waals surface area (Å²) in [6.45, 7) is 2.35. The average molecular weight is 289 g/mol. The number of carbonyl (C=O) groups excluding carboxylic acids is 2. The van der Waals surface area contributed by atoms with Gasteiger partial charge in [0.05, 0.1) is 4.88 Å². The fourth-order valence-electron chi connectivity index (χ4n) is 1.72. The summed E-state index contributed by atoms with van der Waals surface area (Å²) in [5.41, 5.74) is 7.58. The zero-order valence-electron chi connectivity index (χ0n) is 11.0. The maximum atomic E-state index is 11.9. The standard InChI is InChI=1S/C14H15N3O2S/c1-9-6-7-20-12(9)13(18)16-8-10-2-4-11(5-3-10)17-14(15)19/h2-7H,8H2,1H3,(H,16,18)(H3,15,17,19). The number of primary amides is 1. The largest absolute Gasteiger partial charge is 0.351 e. The number of aryl methyl sites for hydroxylation is 1. The molecule has 4 N–H and O–H groups in total. The molecule has 0 saturated carbocycles. The number of hydrogen-bond donors (Lipinski definition) is 3. The molecular weight excluding hydrogens is 274 g/mol. The number of nitrogens with one attached hydrogen (secondary N) is 2. The molecule has 0 saturated heterocycles. The van der Waals surface area contributed by atoms with Gasteiger partial charge in [0.1, 0.15) is 0 Å². The van der Waals surface area contributed by atoms with E-state index in [1.165, 1.54) is 11.3 Å². The molecule has 0 bridgehead atoms. The first-order chi connectivity index (χ1) is 9.56. The number of nitrogens with two attached hydrogens (primary N) is 1. The van der Waals surface area contributed by atoms with Crippen LogP contribution in [0, 0.1) is 6.92 Å². The molecule has 20 heavy (non-hydrogen) atoms. The predicted molar refractivity (Wildman–Crippen MR) is 79.9 cm³/mol. The number of urea groups is 1. The quantitative estimate of drug-likeness (QED) is 0.808. The molecule has 0 fully saturated rings. The van der Waals surface area contributed by atoms with Crippen molar-refractivity contribution in [3.05, 3.63) is 51.7 Å². The highest BCUT2D eigenvalue weighted by Gasteiger charge is 2.09. The van der Waals surface area contributed by atoms with Crippen LogP contribution in [0.4, 0.5) is 10.5 Å². The van der Waals surface area contributed by atoms with Crippen LogP contribution < -0.4 is 16.4 Å². The van der Waals surface area contributed by atoms with Gasteiger partial charge in [-0.15, -0.1) is 11.3 Å². The molecule has 0 aliphatic carbocycles. The van der Waals surface area contributed by atoms with Crippen LogP contribution >= 0.6 is 11.3 Å². The lowest BCUT2D eigenvalue weighted by molar-refractivity contribution is 0.0954. The van der Waals surface area contributed by atoms with Crippen LogP contribution in [-0.4, -0.2) is 11.9 Å². The summed E-state index contributed by atoms with van der Waals surface area (Å²) in [4.78, 5) is 23.4. The predicted octanol–water partition coefficient (Wildman–Crippen LogP) is 2.48. The van der Waals surface area contributed by atoms with Crippen molar-refractivity contribution in [3.8, 4) is 0 Å². The summed E-state index contributed by atoms with van der Waals surface area (Å²) in [7, 11) is 0. The molecule has 0 radical (unpaired) electrons. The Labute approximate surface area is 120 Å². The van der Waals surface area contributed by atoms with Crippen LogP contribution in [0.25, 0.3) is 0 Å². The van der Waals surface area contributed by atoms with Crippen molar-refractivity contribution in [1.29, 1.82) is 0 Å². The van der Waals surface area contributed by atoms with E-state index in [2.05, 4.69) is 10.6 Å². The molecular formula is C14H15N3O2S. The Morgan fingerprint density at radius 2 is 1.90 bits per heavy atom. The summed E-state index contributed by atoms with van der Waals surface area (Å²) in [6.07, 6.45) is 0. The molecule has 1 aromatic heterocycles. The highest BCUT2D eigenvalue weighted by atomic mass is 32.1. The minimum atomic E-state index is -0.598. The van der Waals surface area contributed by atoms with Crippen molar-refractivity contribution in [2.24, 2.45) is 5.73 Å². The third kappa shape index (κ3) is 3.58. The number of hydrogen-bond acceptors (Lipinski definition) is 3. The summed E-state index contributed by atoms with van der Waals surface area (Å²) in [5.74, 6) is -0.0724. The Balaban J connectivity index is 1.93. The molecule has 0 aliphatic rings. The van der Waals surface area contributed by atoms with E-state index < -0.39 is 6.03 Å². The molecule has 2 aromatic rings. The summed E-state index contributed by atoms with van der Waals surface area (Å²) < 4.78 is 0. The zero-order chi connectivity index (χ0) is 14.5. The van der Waals surface area contributed by atoms with Crippen molar-refractivity contribution in [2.45, 2.75) is 13.5 Å². The molecule has 0 atom stereocenters. The van der Waals surface area contributed by atoms with Gasteiger partial charge in [-0.1, -0.05) is 12.1 Å². The first kappa shape index (κ1) is 14.1. The van der Waals surface area contributed by atoms with Gasteiger partial charge in [0.25, 0.3) is 5.91 Å². The normalized spacial score (nSPS) is 10.1. The Morgan fingerprint density at radius 1 is 1.20 bits per heavy atom. The second kappa shape index (κ2) is 6.21. The van der Waals surface area contributed by atoms with Gasteiger partial charge in [-0.2, -0.15) is 0 Å². The van der Waals surface area contributed by atoms with Gasteiger partial charge < -0.3 is 16.4 Å². The van der Waals surface area contributed by atoms with Gasteiger partial charge >= 0.3 is 6.03 Å². The van der Waals surface area contributed by atoms with Crippen LogP contribution in [0.15, 0.2) is 35.7 Å². The number of rotatable bonds is 4. The average Bonchev–Trinajstić information content (AvgIpc) is 2.83.